The summed E-state index contributed by atoms with van der Waals surface area (Å²) in [6.45, 7) is 1.77. The third-order valence-electron chi connectivity index (χ3n) is 2.61. The predicted octanol–water partition coefficient (Wildman–Crippen LogP) is 2.71. The summed E-state index contributed by atoms with van der Waals surface area (Å²) in [6, 6.07) is 5.84. The normalized spacial score (nSPS) is 10.2. The highest BCUT2D eigenvalue weighted by Crippen LogP contribution is 2.30. The molecule has 1 aromatic heterocycles. The van der Waals surface area contributed by atoms with Gasteiger partial charge in [-0.2, -0.15) is 0 Å². The van der Waals surface area contributed by atoms with Gasteiger partial charge in [-0.1, -0.05) is 17.7 Å². The van der Waals surface area contributed by atoms with E-state index in [4.69, 9.17) is 11.6 Å². The number of rotatable bonds is 2. The van der Waals surface area contributed by atoms with E-state index in [0.717, 1.165) is 5.56 Å². The molecule has 98 valence electrons. The first-order valence-corrected chi connectivity index (χ1v) is 5.82. The zero-order valence-corrected chi connectivity index (χ0v) is 10.8. The number of pyridine rings is 1. The predicted molar refractivity (Wildman–Crippen MR) is 71.7 cm³/mol. The molecule has 5 nitrogen and oxygen atoms in total. The van der Waals surface area contributed by atoms with E-state index in [1.807, 2.05) is 0 Å². The molecule has 1 amide bonds. The van der Waals surface area contributed by atoms with Gasteiger partial charge in [0.1, 0.15) is 0 Å². The molecule has 2 rings (SSSR count). The van der Waals surface area contributed by atoms with Gasteiger partial charge < -0.3 is 15.5 Å². The van der Waals surface area contributed by atoms with E-state index in [2.05, 4.69) is 10.3 Å². The number of phenolic OH excluding ortho intramolecular Hbond substituents is 2. The van der Waals surface area contributed by atoms with Crippen molar-refractivity contribution in [3.05, 3.63) is 46.7 Å². The lowest BCUT2D eigenvalue weighted by Gasteiger charge is -2.10. The summed E-state index contributed by atoms with van der Waals surface area (Å²) in [6.07, 6.45) is 1.53. The smallest absolute Gasteiger partial charge is 0.259 e. The van der Waals surface area contributed by atoms with Gasteiger partial charge in [-0.05, 0) is 30.7 Å². The Morgan fingerprint density at radius 2 is 2.05 bits per heavy atom. The third-order valence-corrected chi connectivity index (χ3v) is 2.90. The van der Waals surface area contributed by atoms with Crippen LogP contribution in [-0.4, -0.2) is 21.1 Å². The van der Waals surface area contributed by atoms with Crippen molar-refractivity contribution >= 4 is 23.2 Å². The molecular weight excluding hydrogens is 268 g/mol. The number of para-hydroxylation sites is 1. The number of aryl methyl sites for hydroxylation is 1. The van der Waals surface area contributed by atoms with Gasteiger partial charge in [0.05, 0.1) is 11.3 Å². The van der Waals surface area contributed by atoms with Gasteiger partial charge in [0.25, 0.3) is 5.91 Å². The minimum Gasteiger partial charge on any atom is -0.504 e. The summed E-state index contributed by atoms with van der Waals surface area (Å²) in [5.74, 6) is -1.41. The van der Waals surface area contributed by atoms with Crippen molar-refractivity contribution in [1.82, 2.24) is 4.98 Å². The Balaban J connectivity index is 2.34. The van der Waals surface area contributed by atoms with Gasteiger partial charge in [0, 0.05) is 6.20 Å². The molecule has 3 N–H and O–H groups in total. The van der Waals surface area contributed by atoms with E-state index in [-0.39, 0.29) is 16.5 Å². The summed E-state index contributed by atoms with van der Waals surface area (Å²) < 4.78 is 0. The standard InChI is InChI=1S/C13H11ClN2O3/c1-7-5-6-15-12(14)10(7)16-13(19)8-3-2-4-9(17)11(8)18/h2-6,17-18H,1H3,(H,16,19). The molecule has 0 radical (unpaired) electrons. The minimum atomic E-state index is -0.577. The van der Waals surface area contributed by atoms with Crippen molar-refractivity contribution in [1.29, 1.82) is 0 Å². The van der Waals surface area contributed by atoms with Crippen LogP contribution in [0.3, 0.4) is 0 Å². The van der Waals surface area contributed by atoms with Gasteiger partial charge in [0.15, 0.2) is 16.7 Å². The second kappa shape index (κ2) is 5.16. The van der Waals surface area contributed by atoms with Gasteiger partial charge in [-0.3, -0.25) is 4.79 Å². The van der Waals surface area contributed by atoms with E-state index in [1.54, 1.807) is 13.0 Å². The van der Waals surface area contributed by atoms with Crippen molar-refractivity contribution in [2.75, 3.05) is 5.32 Å². The number of carbonyl (C=O) groups is 1. The van der Waals surface area contributed by atoms with Crippen LogP contribution in [0.15, 0.2) is 30.5 Å². The molecule has 0 atom stereocenters. The third kappa shape index (κ3) is 2.61. The number of aromatic nitrogens is 1. The number of halogens is 1. The monoisotopic (exact) mass is 278 g/mol. The summed E-state index contributed by atoms with van der Waals surface area (Å²) in [4.78, 5) is 15.9. The van der Waals surface area contributed by atoms with Crippen LogP contribution in [0, 0.1) is 6.92 Å². The van der Waals surface area contributed by atoms with Gasteiger partial charge in [-0.25, -0.2) is 4.98 Å². The molecule has 0 spiro atoms. The molecule has 0 aliphatic heterocycles. The van der Waals surface area contributed by atoms with Gasteiger partial charge in [-0.15, -0.1) is 0 Å². The maximum Gasteiger partial charge on any atom is 0.259 e. The van der Waals surface area contributed by atoms with Crippen LogP contribution < -0.4 is 5.32 Å². The Bertz CT molecular complexity index is 624. The summed E-state index contributed by atoms with van der Waals surface area (Å²) >= 11 is 5.89. The first kappa shape index (κ1) is 13.2. The Kier molecular flexibility index (Phi) is 3.57. The van der Waals surface area contributed by atoms with E-state index in [0.29, 0.717) is 5.69 Å². The number of hydrogen-bond acceptors (Lipinski definition) is 4. The molecule has 0 aliphatic rings. The second-order valence-electron chi connectivity index (χ2n) is 3.92. The molecule has 0 unspecified atom stereocenters. The average molecular weight is 279 g/mol. The molecule has 0 fully saturated rings. The van der Waals surface area contributed by atoms with Crippen molar-refractivity contribution in [2.24, 2.45) is 0 Å². The molecule has 19 heavy (non-hydrogen) atoms. The number of nitrogens with one attached hydrogen (secondary N) is 1. The Morgan fingerprint density at radius 1 is 1.32 bits per heavy atom. The molecule has 6 heteroatoms. The van der Waals surface area contributed by atoms with Crippen molar-refractivity contribution in [3.8, 4) is 11.5 Å². The number of phenols is 2. The fraction of sp³-hybridized carbons (Fsp3) is 0.0769. The number of benzene rings is 1. The number of hydrogen-bond donors (Lipinski definition) is 3. The van der Waals surface area contributed by atoms with Gasteiger partial charge >= 0.3 is 0 Å². The van der Waals surface area contributed by atoms with Crippen LogP contribution in [0.4, 0.5) is 5.69 Å². The number of aromatic hydroxyl groups is 2. The average Bonchev–Trinajstić information content (AvgIpc) is 2.37. The summed E-state index contributed by atoms with van der Waals surface area (Å²) in [5.41, 5.74) is 1.07. The maximum absolute atomic E-state index is 12.0. The van der Waals surface area contributed by atoms with E-state index >= 15 is 0 Å². The quantitative estimate of drug-likeness (QED) is 0.583. The number of amides is 1. The Morgan fingerprint density at radius 3 is 2.74 bits per heavy atom. The second-order valence-corrected chi connectivity index (χ2v) is 4.28. The summed E-state index contributed by atoms with van der Waals surface area (Å²) in [5, 5.41) is 21.7. The molecule has 1 aromatic carbocycles. The van der Waals surface area contributed by atoms with E-state index in [9.17, 15) is 15.0 Å². The molecular formula is C13H11ClN2O3. The Labute approximate surface area is 114 Å². The first-order chi connectivity index (χ1) is 9.00. The lowest BCUT2D eigenvalue weighted by atomic mass is 10.1. The fourth-order valence-electron chi connectivity index (χ4n) is 1.57. The van der Waals surface area contributed by atoms with Crippen LogP contribution in [0.1, 0.15) is 15.9 Å². The van der Waals surface area contributed by atoms with Crippen LogP contribution in [0.25, 0.3) is 0 Å². The van der Waals surface area contributed by atoms with E-state index < -0.39 is 11.7 Å². The lowest BCUT2D eigenvalue weighted by Crippen LogP contribution is -2.13. The van der Waals surface area contributed by atoms with Crippen LogP contribution in [0.2, 0.25) is 5.15 Å². The Hall–Kier alpha value is -2.27. The maximum atomic E-state index is 12.0. The van der Waals surface area contributed by atoms with Crippen molar-refractivity contribution in [3.63, 3.8) is 0 Å². The van der Waals surface area contributed by atoms with Gasteiger partial charge in [0.2, 0.25) is 0 Å². The molecule has 0 bridgehead atoms. The molecule has 0 saturated carbocycles. The zero-order chi connectivity index (χ0) is 14.0. The minimum absolute atomic E-state index is 0.0423. The number of anilines is 1. The SMILES string of the molecule is Cc1ccnc(Cl)c1NC(=O)c1cccc(O)c1O. The molecule has 0 aliphatic carbocycles. The highest BCUT2D eigenvalue weighted by atomic mass is 35.5. The number of nitrogens with zero attached hydrogens (tertiary/aromatic N) is 1. The highest BCUT2D eigenvalue weighted by molar-refractivity contribution is 6.33. The van der Waals surface area contributed by atoms with Crippen LogP contribution >= 0.6 is 11.6 Å². The lowest BCUT2D eigenvalue weighted by molar-refractivity contribution is 0.102. The van der Waals surface area contributed by atoms with Crippen molar-refractivity contribution < 1.29 is 15.0 Å². The largest absolute Gasteiger partial charge is 0.504 e. The molecule has 1 heterocycles. The topological polar surface area (TPSA) is 82.5 Å². The van der Waals surface area contributed by atoms with E-state index in [1.165, 1.54) is 24.4 Å². The molecule has 2 aromatic rings. The zero-order valence-electron chi connectivity index (χ0n) is 10.0. The highest BCUT2D eigenvalue weighted by Gasteiger charge is 2.16. The molecule has 0 saturated heterocycles. The first-order valence-electron chi connectivity index (χ1n) is 5.44. The van der Waals surface area contributed by atoms with Crippen LogP contribution in [-0.2, 0) is 0 Å². The fourth-order valence-corrected chi connectivity index (χ4v) is 1.82. The number of carbonyl (C=O) groups excluding carboxylic acids is 1. The van der Waals surface area contributed by atoms with Crippen LogP contribution in [0.5, 0.6) is 11.5 Å². The summed E-state index contributed by atoms with van der Waals surface area (Å²) in [7, 11) is 0. The van der Waals surface area contributed by atoms with Crippen molar-refractivity contribution in [2.45, 2.75) is 6.92 Å².